The lowest BCUT2D eigenvalue weighted by molar-refractivity contribution is -0.239. The third kappa shape index (κ3) is 4.68. The van der Waals surface area contributed by atoms with Crippen LogP contribution in [0.4, 0.5) is 8.78 Å². The van der Waals surface area contributed by atoms with E-state index in [9.17, 15) is 9.90 Å². The van der Waals surface area contributed by atoms with Crippen molar-refractivity contribution in [3.8, 4) is 0 Å². The standard InChI is InChI=1S/C29H48F2O3/c1-18(8-7-13-26(3,4)33)22-9-10-23-25-24(12-15-28(22,23)6)27(5)14-11-21(34-19(2)32)16-20(27)17-29(25,30)31/h18,20-25,33H,7-17H2,1-6H3/t18?,20-,21+,22-,23+,24+,25+,27+,28-/m1/s1. The van der Waals surface area contributed by atoms with E-state index in [0.29, 0.717) is 18.3 Å². The first-order chi connectivity index (χ1) is 15.7. The number of hydrogen-bond acceptors (Lipinski definition) is 3. The molecule has 0 bridgehead atoms. The second-order valence-corrected chi connectivity index (χ2v) is 13.8. The minimum atomic E-state index is -2.64. The lowest BCUT2D eigenvalue weighted by Crippen LogP contribution is -2.61. The van der Waals surface area contributed by atoms with Crippen LogP contribution in [-0.2, 0) is 9.53 Å². The van der Waals surface area contributed by atoms with Gasteiger partial charge in [-0.2, -0.15) is 0 Å². The zero-order chi connectivity index (χ0) is 25.1. The predicted octanol–water partition coefficient (Wildman–Crippen LogP) is 7.40. The first-order valence-corrected chi connectivity index (χ1v) is 13.9. The summed E-state index contributed by atoms with van der Waals surface area (Å²) < 4.78 is 37.5. The predicted molar refractivity (Wildman–Crippen MR) is 130 cm³/mol. The Bertz CT molecular complexity index is 761. The number of aliphatic hydroxyl groups is 1. The van der Waals surface area contributed by atoms with Crippen LogP contribution in [0.1, 0.15) is 112 Å². The van der Waals surface area contributed by atoms with Gasteiger partial charge in [-0.05, 0) is 106 Å². The highest BCUT2D eigenvalue weighted by atomic mass is 19.3. The Morgan fingerprint density at radius 1 is 1.09 bits per heavy atom. The molecule has 0 spiro atoms. The van der Waals surface area contributed by atoms with Gasteiger partial charge in [-0.15, -0.1) is 0 Å². The topological polar surface area (TPSA) is 46.5 Å². The summed E-state index contributed by atoms with van der Waals surface area (Å²) in [6.07, 6.45) is 8.89. The van der Waals surface area contributed by atoms with Crippen LogP contribution in [-0.4, -0.2) is 28.7 Å². The lowest BCUT2D eigenvalue weighted by Gasteiger charge is -2.63. The lowest BCUT2D eigenvalue weighted by atomic mass is 9.43. The first kappa shape index (κ1) is 26.4. The molecule has 0 aromatic rings. The number of esters is 1. The number of hydrogen-bond donors (Lipinski definition) is 1. The smallest absolute Gasteiger partial charge is 0.302 e. The van der Waals surface area contributed by atoms with Crippen molar-refractivity contribution in [3.05, 3.63) is 0 Å². The third-order valence-electron chi connectivity index (χ3n) is 11.1. The molecule has 4 rings (SSSR count). The molecule has 4 aliphatic carbocycles. The first-order valence-electron chi connectivity index (χ1n) is 13.9. The van der Waals surface area contributed by atoms with E-state index in [1.807, 2.05) is 13.8 Å². The minimum absolute atomic E-state index is 0.00309. The molecule has 0 aromatic carbocycles. The Hall–Kier alpha value is -0.710. The zero-order valence-corrected chi connectivity index (χ0v) is 22.3. The normalized spacial score (nSPS) is 44.5. The summed E-state index contributed by atoms with van der Waals surface area (Å²) in [5.74, 6) is -2.33. The van der Waals surface area contributed by atoms with Crippen molar-refractivity contribution in [1.29, 1.82) is 0 Å². The van der Waals surface area contributed by atoms with Crippen LogP contribution >= 0.6 is 0 Å². The van der Waals surface area contributed by atoms with Gasteiger partial charge in [0, 0.05) is 19.3 Å². The molecule has 5 heteroatoms. The summed E-state index contributed by atoms with van der Waals surface area (Å²) in [5, 5.41) is 10.1. The largest absolute Gasteiger partial charge is 0.463 e. The Balaban J connectivity index is 1.51. The molecule has 196 valence electrons. The highest BCUT2D eigenvalue weighted by molar-refractivity contribution is 5.66. The van der Waals surface area contributed by atoms with E-state index in [1.165, 1.54) is 6.92 Å². The summed E-state index contributed by atoms with van der Waals surface area (Å²) >= 11 is 0. The van der Waals surface area contributed by atoms with Gasteiger partial charge in [0.25, 0.3) is 5.92 Å². The number of rotatable bonds is 6. The number of halogens is 2. The molecule has 1 unspecified atom stereocenters. The fourth-order valence-electron chi connectivity index (χ4n) is 9.49. The van der Waals surface area contributed by atoms with Crippen LogP contribution in [0.25, 0.3) is 0 Å². The van der Waals surface area contributed by atoms with Gasteiger partial charge >= 0.3 is 5.97 Å². The van der Waals surface area contributed by atoms with Crippen LogP contribution < -0.4 is 0 Å². The molecule has 34 heavy (non-hydrogen) atoms. The van der Waals surface area contributed by atoms with Crippen LogP contribution in [0.2, 0.25) is 0 Å². The average molecular weight is 483 g/mol. The molecular weight excluding hydrogens is 434 g/mol. The quantitative estimate of drug-likeness (QED) is 0.401. The third-order valence-corrected chi connectivity index (χ3v) is 11.1. The fourth-order valence-corrected chi connectivity index (χ4v) is 9.49. The zero-order valence-electron chi connectivity index (χ0n) is 22.3. The highest BCUT2D eigenvalue weighted by Gasteiger charge is 2.68. The monoisotopic (exact) mass is 482 g/mol. The van der Waals surface area contributed by atoms with Gasteiger partial charge in [-0.1, -0.05) is 33.6 Å². The molecular formula is C29H48F2O3. The van der Waals surface area contributed by atoms with Crippen molar-refractivity contribution < 1.29 is 23.4 Å². The Kier molecular flexibility index (Phi) is 6.97. The van der Waals surface area contributed by atoms with Crippen molar-refractivity contribution in [3.63, 3.8) is 0 Å². The molecule has 0 amide bonds. The van der Waals surface area contributed by atoms with Gasteiger partial charge in [0.1, 0.15) is 6.10 Å². The number of carbonyl (C=O) groups excluding carboxylic acids is 1. The molecule has 3 nitrogen and oxygen atoms in total. The number of ether oxygens (including phenoxy) is 1. The second-order valence-electron chi connectivity index (χ2n) is 13.8. The second kappa shape index (κ2) is 8.99. The Labute approximate surface area is 205 Å². The summed E-state index contributed by atoms with van der Waals surface area (Å²) in [5.41, 5.74) is -0.706. The van der Waals surface area contributed by atoms with E-state index >= 15 is 8.78 Å². The maximum Gasteiger partial charge on any atom is 0.302 e. The van der Waals surface area contributed by atoms with Gasteiger partial charge in [-0.25, -0.2) is 8.78 Å². The van der Waals surface area contributed by atoms with Crippen LogP contribution in [0.3, 0.4) is 0 Å². The van der Waals surface area contributed by atoms with Gasteiger partial charge < -0.3 is 9.84 Å². The van der Waals surface area contributed by atoms with Crippen molar-refractivity contribution in [2.24, 2.45) is 46.3 Å². The number of carbonyl (C=O) groups is 1. The van der Waals surface area contributed by atoms with Gasteiger partial charge in [0.2, 0.25) is 0 Å². The Morgan fingerprint density at radius 2 is 1.74 bits per heavy atom. The molecule has 1 N–H and O–H groups in total. The van der Waals surface area contributed by atoms with Gasteiger partial charge in [0.05, 0.1) is 5.60 Å². The van der Waals surface area contributed by atoms with E-state index in [1.54, 1.807) is 0 Å². The van der Waals surface area contributed by atoms with Crippen molar-refractivity contribution >= 4 is 5.97 Å². The Morgan fingerprint density at radius 3 is 2.38 bits per heavy atom. The minimum Gasteiger partial charge on any atom is -0.463 e. The van der Waals surface area contributed by atoms with Gasteiger partial charge in [-0.3, -0.25) is 4.79 Å². The van der Waals surface area contributed by atoms with Crippen LogP contribution in [0.15, 0.2) is 0 Å². The molecule has 0 saturated heterocycles. The molecule has 0 aromatic heterocycles. The van der Waals surface area contributed by atoms with E-state index in [4.69, 9.17) is 4.74 Å². The molecule has 4 aliphatic rings. The summed E-state index contributed by atoms with van der Waals surface area (Å²) in [6, 6.07) is 0. The average Bonchev–Trinajstić information content (AvgIpc) is 3.04. The summed E-state index contributed by atoms with van der Waals surface area (Å²) in [4.78, 5) is 11.5. The van der Waals surface area contributed by atoms with Crippen LogP contribution in [0.5, 0.6) is 0 Å². The number of fused-ring (bicyclic) bond motifs is 5. The maximum atomic E-state index is 16.0. The molecule has 4 fully saturated rings. The molecule has 9 atom stereocenters. The van der Waals surface area contributed by atoms with E-state index in [-0.39, 0.29) is 47.1 Å². The fraction of sp³-hybridized carbons (Fsp3) is 0.966. The molecule has 4 saturated carbocycles. The molecule has 0 aliphatic heterocycles. The van der Waals surface area contributed by atoms with E-state index in [0.717, 1.165) is 57.8 Å². The van der Waals surface area contributed by atoms with Crippen molar-refractivity contribution in [2.45, 2.75) is 130 Å². The summed E-state index contributed by atoms with van der Waals surface area (Å²) in [6.45, 7) is 12.1. The SMILES string of the molecule is CC(=O)O[C@H]1CC[C@@]2(C)[C@H](C1)CC(F)(F)[C@@H]1[C@@H]2CC[C@]2(C)[C@@H](C(C)CCCC(C)(C)O)CC[C@@H]12. The highest BCUT2D eigenvalue weighted by Crippen LogP contribution is 2.71. The molecule has 0 heterocycles. The summed E-state index contributed by atoms with van der Waals surface area (Å²) in [7, 11) is 0. The molecule has 0 radical (unpaired) electrons. The maximum absolute atomic E-state index is 16.0. The van der Waals surface area contributed by atoms with E-state index in [2.05, 4.69) is 20.8 Å². The van der Waals surface area contributed by atoms with E-state index < -0.39 is 17.4 Å². The van der Waals surface area contributed by atoms with Gasteiger partial charge in [0.15, 0.2) is 0 Å². The van der Waals surface area contributed by atoms with Crippen molar-refractivity contribution in [1.82, 2.24) is 0 Å². The number of alkyl halides is 2. The van der Waals surface area contributed by atoms with Crippen LogP contribution in [0, 0.1) is 46.3 Å². The van der Waals surface area contributed by atoms with Crippen molar-refractivity contribution in [2.75, 3.05) is 0 Å².